The molecule has 2 aromatic heterocycles. The minimum Gasteiger partial charge on any atom is -0.341 e. The topological polar surface area (TPSA) is 9.86 Å². The Labute approximate surface area is 521 Å². The van der Waals surface area contributed by atoms with Gasteiger partial charge < -0.3 is 9.13 Å². The van der Waals surface area contributed by atoms with Gasteiger partial charge >= 0.3 is 0 Å². The molecule has 2 nitrogen and oxygen atoms in total. The Morgan fingerprint density at radius 1 is 0.235 bits per heavy atom. The number of aromatic nitrogens is 2. The molecule has 12 rings (SSSR count). The minimum absolute atomic E-state index is 0. The zero-order valence-corrected chi connectivity index (χ0v) is 56.6. The Bertz CT molecular complexity index is 2680. The summed E-state index contributed by atoms with van der Waals surface area (Å²) in [6, 6.07) is 69.6. The third kappa shape index (κ3) is 23.2. The van der Waals surface area contributed by atoms with E-state index in [-0.39, 0.29) is 29.0 Å². The number of para-hydroxylation sites is 4. The molecule has 5 heteroatoms. The second kappa shape index (κ2) is 56.3. The minimum atomic E-state index is 0. The fourth-order valence-corrected chi connectivity index (χ4v) is 10.1. The molecule has 85 heavy (non-hydrogen) atoms. The van der Waals surface area contributed by atoms with Crippen LogP contribution in [-0.2, 0) is 13.1 Å². The summed E-state index contributed by atoms with van der Waals surface area (Å²) in [6.45, 7) is 51.0. The first-order valence-electron chi connectivity index (χ1n) is 31.9. The number of nitrogens with zero attached hydrogens (tertiary/aromatic N) is 2. The highest BCUT2D eigenvalue weighted by molar-refractivity contribution is 6.08. The highest BCUT2D eigenvalue weighted by Crippen LogP contribution is 2.47. The maximum Gasteiger partial charge on any atom is 0.0491 e. The predicted octanol–water partition coefficient (Wildman–Crippen LogP) is 28.0. The quantitative estimate of drug-likeness (QED) is 0.166. The van der Waals surface area contributed by atoms with Crippen LogP contribution in [-0.4, -0.2) is 9.13 Å². The van der Waals surface area contributed by atoms with Crippen molar-refractivity contribution in [2.75, 3.05) is 0 Å². The molecule has 0 fully saturated rings. The van der Waals surface area contributed by atoms with E-state index >= 15 is 0 Å². The number of hydrogen-bond donors (Lipinski definition) is 0. The van der Waals surface area contributed by atoms with Crippen LogP contribution in [0.3, 0.4) is 0 Å². The third-order valence-corrected chi connectivity index (χ3v) is 12.7. The van der Waals surface area contributed by atoms with E-state index in [1.54, 1.807) is 0 Å². The van der Waals surface area contributed by atoms with Crippen LogP contribution in [0.25, 0.3) is 65.9 Å². The van der Waals surface area contributed by atoms with Crippen molar-refractivity contribution >= 4 is 43.6 Å². The van der Waals surface area contributed by atoms with Gasteiger partial charge in [0.05, 0.1) is 0 Å². The average molecular weight is 1170 g/mol. The zero-order valence-electron chi connectivity index (χ0n) is 56.6. The number of rotatable bonds is 4. The number of aryl methyl sites for hydroxylation is 2. The van der Waals surface area contributed by atoms with Crippen LogP contribution in [0.1, 0.15) is 228 Å². The van der Waals surface area contributed by atoms with Crippen molar-refractivity contribution in [3.63, 3.8) is 0 Å². The van der Waals surface area contributed by atoms with Crippen LogP contribution >= 0.6 is 0 Å². The van der Waals surface area contributed by atoms with E-state index in [0.29, 0.717) is 11.8 Å². The maximum absolute atomic E-state index is 2.37. The van der Waals surface area contributed by atoms with Gasteiger partial charge in [-0.15, -0.1) is 0 Å². The van der Waals surface area contributed by atoms with Gasteiger partial charge in [0.1, 0.15) is 0 Å². The second-order valence-corrected chi connectivity index (χ2v) is 15.8. The zero-order chi connectivity index (χ0) is 61.0. The normalized spacial score (nSPS) is 9.51. The molecule has 0 radical (unpaired) electrons. The molecule has 0 N–H and O–H groups in total. The Morgan fingerprint density at radius 3 is 0.553 bits per heavy atom. The third-order valence-electron chi connectivity index (χ3n) is 12.7. The summed E-state index contributed by atoms with van der Waals surface area (Å²) < 4.78 is 4.73. The molecule has 2 heterocycles. The molecule has 2 aliphatic carbocycles. The molecule has 0 saturated heterocycles. The van der Waals surface area contributed by atoms with Crippen molar-refractivity contribution in [1.82, 2.24) is 9.13 Å². The fourth-order valence-electron chi connectivity index (χ4n) is 10.1. The van der Waals surface area contributed by atoms with Gasteiger partial charge in [0.15, 0.2) is 0 Å². The predicted molar refractivity (Wildman–Crippen MR) is 393 cm³/mol. The molecule has 2 aliphatic rings. The summed E-state index contributed by atoms with van der Waals surface area (Å²) >= 11 is 0. The Kier molecular flexibility index (Phi) is 60.9. The first-order valence-corrected chi connectivity index (χ1v) is 31.9. The molecule has 0 saturated carbocycles. The lowest BCUT2D eigenvalue weighted by atomic mass is 9.95. The average Bonchev–Trinajstić information content (AvgIpc) is 4.47. The highest BCUT2D eigenvalue weighted by Gasteiger charge is 2.27. The van der Waals surface area contributed by atoms with Gasteiger partial charge in [0.2, 0.25) is 0 Å². The van der Waals surface area contributed by atoms with E-state index in [4.69, 9.17) is 0 Å². The molecule has 476 valence electrons. The molecule has 0 amide bonds. The molecular formula is C80H125F3N2. The lowest BCUT2D eigenvalue weighted by molar-refractivity contribution is 0.797. The van der Waals surface area contributed by atoms with Crippen molar-refractivity contribution in [1.29, 1.82) is 0 Å². The van der Waals surface area contributed by atoms with Crippen LogP contribution in [0.4, 0.5) is 14.1 Å². The van der Waals surface area contributed by atoms with Crippen molar-refractivity contribution in [3.8, 4) is 22.3 Å². The fraction of sp³-hybridized carbons (Fsp3) is 0.400. The van der Waals surface area contributed by atoms with Crippen LogP contribution in [0.2, 0.25) is 0 Å². The van der Waals surface area contributed by atoms with Gasteiger partial charge in [-0.25, -0.2) is 0 Å². The Hall–Kier alpha value is -6.85. The van der Waals surface area contributed by atoms with Gasteiger partial charge in [0, 0.05) is 68.5 Å². The maximum atomic E-state index is 2.37. The van der Waals surface area contributed by atoms with Crippen molar-refractivity contribution in [2.24, 2.45) is 0 Å². The molecule has 0 spiro atoms. The molecule has 0 aliphatic heterocycles. The van der Waals surface area contributed by atoms with Crippen LogP contribution < -0.4 is 0 Å². The van der Waals surface area contributed by atoms with E-state index in [2.05, 4.69) is 231 Å². The van der Waals surface area contributed by atoms with Crippen LogP contribution in [0, 0.1) is 0 Å². The van der Waals surface area contributed by atoms with E-state index in [1.165, 1.54) is 101 Å². The highest BCUT2D eigenvalue weighted by atomic mass is 19.0. The second-order valence-electron chi connectivity index (χ2n) is 15.8. The van der Waals surface area contributed by atoms with Gasteiger partial charge in [0.25, 0.3) is 0 Å². The molecule has 8 aromatic carbocycles. The largest absolute Gasteiger partial charge is 0.341 e. The van der Waals surface area contributed by atoms with Crippen molar-refractivity contribution < 1.29 is 14.1 Å². The summed E-state index contributed by atoms with van der Waals surface area (Å²) in [7, 11) is 0. The molecule has 0 unspecified atom stereocenters. The van der Waals surface area contributed by atoms with E-state index in [9.17, 15) is 0 Å². The Morgan fingerprint density at radius 2 is 0.388 bits per heavy atom. The van der Waals surface area contributed by atoms with Crippen molar-refractivity contribution in [2.45, 2.75) is 219 Å². The summed E-state index contributed by atoms with van der Waals surface area (Å²) in [5.41, 5.74) is 17.1. The van der Waals surface area contributed by atoms with Gasteiger partial charge in [-0.05, 0) is 95.5 Å². The van der Waals surface area contributed by atoms with Crippen LogP contribution in [0.5, 0.6) is 0 Å². The molecular weight excluding hydrogens is 1050 g/mol. The summed E-state index contributed by atoms with van der Waals surface area (Å²) in [6.07, 6.45) is 2.38. The lowest BCUT2D eigenvalue weighted by Crippen LogP contribution is -1.93. The summed E-state index contributed by atoms with van der Waals surface area (Å²) in [5.74, 6) is 1.22. The van der Waals surface area contributed by atoms with Gasteiger partial charge in [-0.3, -0.25) is 14.1 Å². The van der Waals surface area contributed by atoms with Gasteiger partial charge in [-0.1, -0.05) is 337 Å². The van der Waals surface area contributed by atoms with Gasteiger partial charge in [-0.2, -0.15) is 0 Å². The number of halogens is 3. The smallest absolute Gasteiger partial charge is 0.0491 e. The number of hydrogen-bond acceptors (Lipinski definition) is 0. The Balaban J connectivity index is -0.000000170. The van der Waals surface area contributed by atoms with E-state index in [0.717, 1.165) is 13.1 Å². The standard InChI is InChI=1S/2C15H14.2C14H13N.10C2H6.2CH4.3FH/c2*1-2-11-12-7-3-5-9-14(12)15-10-6-4-8-13(11)15;2*1-2-15-13-9-5-3-7-11(13)12-8-4-6-10-14(12)15;10*1-2;;;;;/h2*3-11H,2H2,1H3;2*3-10H,2H2,1H3;10*1-2H3;2*1H4;3*1H. The SMILES string of the molecule is C.C.CC.CC.CC.CC.CC.CC.CC.CC.CC.CC.CCC1c2ccccc2-c2ccccc21.CCC1c2ccccc2-c2ccccc21.CCn1c2ccccc2c2ccccc21.CCn1c2ccccc2c2ccccc21.F.F.F. The molecule has 10 aromatic rings. The monoisotopic (exact) mass is 1170 g/mol. The lowest BCUT2D eigenvalue weighted by Gasteiger charge is -2.09. The van der Waals surface area contributed by atoms with Crippen LogP contribution in [0.15, 0.2) is 194 Å². The summed E-state index contributed by atoms with van der Waals surface area (Å²) in [4.78, 5) is 0. The number of fused-ring (bicyclic) bond motifs is 12. The first-order chi connectivity index (χ1) is 39.7. The first kappa shape index (κ1) is 91.9. The van der Waals surface area contributed by atoms with E-state index in [1.807, 2.05) is 138 Å². The summed E-state index contributed by atoms with van der Waals surface area (Å²) in [5, 5.41) is 5.43. The van der Waals surface area contributed by atoms with E-state index < -0.39 is 0 Å². The number of benzene rings is 8. The van der Waals surface area contributed by atoms with Crippen molar-refractivity contribution in [3.05, 3.63) is 216 Å². The molecule has 0 bridgehead atoms. The molecule has 0 atom stereocenters.